The van der Waals surface area contributed by atoms with Crippen LogP contribution in [0.4, 0.5) is 14.9 Å². The number of imide groups is 1. The maximum absolute atomic E-state index is 13.7. The Kier molecular flexibility index (Phi) is 7.26. The Bertz CT molecular complexity index is 1340. The highest BCUT2D eigenvalue weighted by atomic mass is 79.9. The monoisotopic (exact) mass is 537 g/mol. The lowest BCUT2D eigenvalue weighted by molar-refractivity contribution is -0.127. The molecule has 0 aliphatic carbocycles. The van der Waals surface area contributed by atoms with Gasteiger partial charge in [-0.05, 0) is 64.3 Å². The second-order valence-electron chi connectivity index (χ2n) is 7.88. The van der Waals surface area contributed by atoms with Crippen LogP contribution in [0.2, 0.25) is 0 Å². The maximum atomic E-state index is 13.7. The van der Waals surface area contributed by atoms with Gasteiger partial charge in [-0.15, -0.1) is 0 Å². The van der Waals surface area contributed by atoms with E-state index in [1.807, 2.05) is 31.2 Å². The number of para-hydroxylation sites is 1. The van der Waals surface area contributed by atoms with E-state index in [0.717, 1.165) is 16.0 Å². The van der Waals surface area contributed by atoms with Crippen molar-refractivity contribution in [3.8, 4) is 5.75 Å². The van der Waals surface area contributed by atoms with Gasteiger partial charge < -0.3 is 15.4 Å². The Morgan fingerprint density at radius 1 is 1.11 bits per heavy atom. The topological polar surface area (TPSA) is 87.7 Å². The van der Waals surface area contributed by atoms with Crippen LogP contribution in [0.25, 0.3) is 6.08 Å². The maximum Gasteiger partial charge on any atom is 0.329 e. The number of aryl methyl sites for hydroxylation is 1. The van der Waals surface area contributed by atoms with E-state index in [9.17, 15) is 18.8 Å². The summed E-state index contributed by atoms with van der Waals surface area (Å²) in [5, 5.41) is 4.82. The first kappa shape index (κ1) is 24.2. The Hall–Kier alpha value is -3.98. The Morgan fingerprint density at radius 2 is 1.91 bits per heavy atom. The van der Waals surface area contributed by atoms with Crippen LogP contribution in [0.15, 0.2) is 76.9 Å². The quantitative estimate of drug-likeness (QED) is 0.327. The second kappa shape index (κ2) is 10.5. The zero-order valence-electron chi connectivity index (χ0n) is 18.7. The first-order valence-electron chi connectivity index (χ1n) is 10.7. The van der Waals surface area contributed by atoms with Gasteiger partial charge in [0.05, 0.1) is 10.2 Å². The molecule has 1 heterocycles. The summed E-state index contributed by atoms with van der Waals surface area (Å²) >= 11 is 3.47. The number of rotatable bonds is 7. The van der Waals surface area contributed by atoms with Gasteiger partial charge >= 0.3 is 6.03 Å². The molecule has 4 amide bonds. The van der Waals surface area contributed by atoms with E-state index in [2.05, 4.69) is 26.6 Å². The molecule has 0 radical (unpaired) electrons. The number of hydrogen-bond acceptors (Lipinski definition) is 4. The standard InChI is InChI=1S/C26H21BrFN3O4/c1-16-5-4-6-18(11-16)15-35-23-10-9-17(12-19(23)27)13-22-25(33)31(26(34)30-22)14-24(32)29-21-8-3-2-7-20(21)28/h2-13H,14-15H2,1H3,(H,29,32)(H,30,34)/b22-13+. The first-order chi connectivity index (χ1) is 16.8. The largest absolute Gasteiger partial charge is 0.488 e. The minimum absolute atomic E-state index is 0.0222. The SMILES string of the molecule is Cc1cccc(COc2ccc(/C=C3/NC(=O)N(CC(=O)Nc4ccccc4F)C3=O)cc2Br)c1. The van der Waals surface area contributed by atoms with Gasteiger partial charge in [0.25, 0.3) is 5.91 Å². The molecular formula is C26H21BrFN3O4. The van der Waals surface area contributed by atoms with Crippen LogP contribution >= 0.6 is 15.9 Å². The predicted molar refractivity (Wildman–Crippen MR) is 133 cm³/mol. The predicted octanol–water partition coefficient (Wildman–Crippen LogP) is 5.01. The summed E-state index contributed by atoms with van der Waals surface area (Å²) in [6.07, 6.45) is 1.50. The fourth-order valence-electron chi connectivity index (χ4n) is 3.46. The summed E-state index contributed by atoms with van der Waals surface area (Å²) in [6.45, 7) is 1.87. The lowest BCUT2D eigenvalue weighted by Gasteiger charge is -2.12. The molecule has 7 nitrogen and oxygen atoms in total. The highest BCUT2D eigenvalue weighted by molar-refractivity contribution is 9.10. The molecule has 3 aromatic rings. The summed E-state index contributed by atoms with van der Waals surface area (Å²) in [5.74, 6) is -1.34. The molecule has 0 aromatic heterocycles. The van der Waals surface area contributed by atoms with E-state index in [1.54, 1.807) is 24.3 Å². The Labute approximate surface area is 209 Å². The molecule has 9 heteroatoms. The van der Waals surface area contributed by atoms with Crippen LogP contribution in [-0.4, -0.2) is 29.3 Å². The van der Waals surface area contributed by atoms with Gasteiger partial charge in [-0.2, -0.15) is 0 Å². The van der Waals surface area contributed by atoms with E-state index in [4.69, 9.17) is 4.74 Å². The number of nitrogens with zero attached hydrogens (tertiary/aromatic N) is 1. The normalized spacial score (nSPS) is 14.3. The van der Waals surface area contributed by atoms with Crippen molar-refractivity contribution in [2.75, 3.05) is 11.9 Å². The third-order valence-electron chi connectivity index (χ3n) is 5.16. The first-order valence-corrected chi connectivity index (χ1v) is 11.5. The van der Waals surface area contributed by atoms with E-state index in [0.29, 0.717) is 22.4 Å². The van der Waals surface area contributed by atoms with Gasteiger partial charge in [0.1, 0.15) is 30.4 Å². The van der Waals surface area contributed by atoms with Crippen LogP contribution in [0.5, 0.6) is 5.75 Å². The molecule has 178 valence electrons. The smallest absolute Gasteiger partial charge is 0.329 e. The Morgan fingerprint density at radius 3 is 2.66 bits per heavy atom. The van der Waals surface area contributed by atoms with Crippen molar-refractivity contribution >= 4 is 45.5 Å². The molecule has 3 aromatic carbocycles. The van der Waals surface area contributed by atoms with E-state index < -0.39 is 30.2 Å². The van der Waals surface area contributed by atoms with Crippen LogP contribution < -0.4 is 15.4 Å². The molecule has 2 N–H and O–H groups in total. The zero-order chi connectivity index (χ0) is 24.9. The molecule has 4 rings (SSSR count). The third-order valence-corrected chi connectivity index (χ3v) is 5.78. The molecule has 0 spiro atoms. The molecule has 1 saturated heterocycles. The Balaban J connectivity index is 1.40. The van der Waals surface area contributed by atoms with Crippen molar-refractivity contribution < 1.29 is 23.5 Å². The fraction of sp³-hybridized carbons (Fsp3) is 0.115. The van der Waals surface area contributed by atoms with Gasteiger partial charge in [-0.25, -0.2) is 14.1 Å². The number of urea groups is 1. The van der Waals surface area contributed by atoms with Gasteiger partial charge in [0.15, 0.2) is 0 Å². The fourth-order valence-corrected chi connectivity index (χ4v) is 3.98. The molecule has 35 heavy (non-hydrogen) atoms. The number of amides is 4. The van der Waals surface area contributed by atoms with Gasteiger partial charge in [-0.3, -0.25) is 9.59 Å². The number of halogens is 2. The molecule has 0 unspecified atom stereocenters. The number of carbonyl (C=O) groups excluding carboxylic acids is 3. The summed E-state index contributed by atoms with van der Waals surface area (Å²) < 4.78 is 20.3. The molecular weight excluding hydrogens is 517 g/mol. The summed E-state index contributed by atoms with van der Waals surface area (Å²) in [6, 6.07) is 18.2. The van der Waals surface area contributed by atoms with Gasteiger partial charge in [0.2, 0.25) is 5.91 Å². The average Bonchev–Trinajstić information content (AvgIpc) is 3.07. The molecule has 0 bridgehead atoms. The van der Waals surface area contributed by atoms with E-state index in [1.165, 1.54) is 24.3 Å². The number of carbonyl (C=O) groups is 3. The molecule has 1 fully saturated rings. The van der Waals surface area contributed by atoms with Crippen molar-refractivity contribution in [1.82, 2.24) is 10.2 Å². The van der Waals surface area contributed by atoms with Crippen LogP contribution in [-0.2, 0) is 16.2 Å². The van der Waals surface area contributed by atoms with Crippen molar-refractivity contribution in [3.05, 3.63) is 99.4 Å². The molecule has 0 atom stereocenters. The van der Waals surface area contributed by atoms with E-state index in [-0.39, 0.29) is 11.4 Å². The number of anilines is 1. The van der Waals surface area contributed by atoms with Crippen LogP contribution in [0, 0.1) is 12.7 Å². The number of nitrogens with one attached hydrogen (secondary N) is 2. The van der Waals surface area contributed by atoms with Crippen molar-refractivity contribution in [3.63, 3.8) is 0 Å². The van der Waals surface area contributed by atoms with Crippen molar-refractivity contribution in [2.24, 2.45) is 0 Å². The third kappa shape index (κ3) is 5.93. The van der Waals surface area contributed by atoms with Crippen molar-refractivity contribution in [2.45, 2.75) is 13.5 Å². The van der Waals surface area contributed by atoms with Gasteiger partial charge in [0, 0.05) is 0 Å². The molecule has 0 saturated carbocycles. The number of hydrogen-bond donors (Lipinski definition) is 2. The average molecular weight is 538 g/mol. The van der Waals surface area contributed by atoms with Crippen LogP contribution in [0.3, 0.4) is 0 Å². The van der Waals surface area contributed by atoms with Crippen molar-refractivity contribution in [1.29, 1.82) is 0 Å². The minimum atomic E-state index is -0.734. The summed E-state index contributed by atoms with van der Waals surface area (Å²) in [5.41, 5.74) is 2.82. The lowest BCUT2D eigenvalue weighted by Crippen LogP contribution is -2.38. The lowest BCUT2D eigenvalue weighted by atomic mass is 10.1. The zero-order valence-corrected chi connectivity index (χ0v) is 20.3. The summed E-state index contributed by atoms with van der Waals surface area (Å²) in [4.78, 5) is 38.0. The van der Waals surface area contributed by atoms with E-state index >= 15 is 0 Å². The second-order valence-corrected chi connectivity index (χ2v) is 8.73. The number of benzene rings is 3. The molecule has 1 aliphatic rings. The number of ether oxygens (including phenoxy) is 1. The summed E-state index contributed by atoms with van der Waals surface area (Å²) in [7, 11) is 0. The highest BCUT2D eigenvalue weighted by Gasteiger charge is 2.35. The minimum Gasteiger partial charge on any atom is -0.488 e. The highest BCUT2D eigenvalue weighted by Crippen LogP contribution is 2.28. The van der Waals surface area contributed by atoms with Crippen LogP contribution in [0.1, 0.15) is 16.7 Å². The molecule has 1 aliphatic heterocycles. The van der Waals surface area contributed by atoms with Gasteiger partial charge in [-0.1, -0.05) is 48.0 Å².